The number of ether oxygens (including phenoxy) is 2. The number of halogens is 1. The quantitative estimate of drug-likeness (QED) is 0.781. The number of amides is 2. The molecule has 0 bridgehead atoms. The van der Waals surface area contributed by atoms with Gasteiger partial charge in [0, 0.05) is 26.7 Å². The molecule has 0 N–H and O–H groups in total. The Bertz CT molecular complexity index is 823. The molecule has 2 amide bonds. The number of aromatic nitrogens is 1. The molecule has 1 fully saturated rings. The molecular formula is C18H20FN3O5. The van der Waals surface area contributed by atoms with E-state index >= 15 is 0 Å². The van der Waals surface area contributed by atoms with E-state index in [0.29, 0.717) is 12.3 Å². The minimum Gasteiger partial charge on any atom is -0.484 e. The average molecular weight is 377 g/mol. The highest BCUT2D eigenvalue weighted by atomic mass is 19.1. The van der Waals surface area contributed by atoms with Gasteiger partial charge in [-0.3, -0.25) is 9.59 Å². The zero-order chi connectivity index (χ0) is 19.4. The smallest absolute Gasteiger partial charge is 0.275 e. The second-order valence-corrected chi connectivity index (χ2v) is 6.22. The van der Waals surface area contributed by atoms with Gasteiger partial charge < -0.3 is 23.7 Å². The fraction of sp³-hybridized carbons (Fsp3) is 0.389. The van der Waals surface area contributed by atoms with Crippen LogP contribution in [0.15, 0.2) is 34.9 Å². The molecule has 0 spiro atoms. The van der Waals surface area contributed by atoms with E-state index in [1.807, 2.05) is 0 Å². The van der Waals surface area contributed by atoms with E-state index in [2.05, 4.69) is 4.98 Å². The molecule has 9 heteroatoms. The number of carbonyl (C=O) groups excluding carboxylic acids is 2. The SMILES string of the molecule is CN(C)C(=O)C1CN(C(=O)c2coc(COc3cccc(F)c3)n2)CCO1. The van der Waals surface area contributed by atoms with Crippen molar-refractivity contribution in [2.75, 3.05) is 33.8 Å². The van der Waals surface area contributed by atoms with Crippen LogP contribution in [0, 0.1) is 5.82 Å². The van der Waals surface area contributed by atoms with Crippen molar-refractivity contribution in [1.82, 2.24) is 14.8 Å². The van der Waals surface area contributed by atoms with Gasteiger partial charge in [0.05, 0.1) is 13.2 Å². The number of carbonyl (C=O) groups is 2. The van der Waals surface area contributed by atoms with E-state index in [9.17, 15) is 14.0 Å². The Balaban J connectivity index is 1.60. The van der Waals surface area contributed by atoms with Crippen LogP contribution in [0.25, 0.3) is 0 Å². The first kappa shape index (κ1) is 18.8. The Morgan fingerprint density at radius 3 is 2.96 bits per heavy atom. The van der Waals surface area contributed by atoms with Gasteiger partial charge in [-0.25, -0.2) is 9.37 Å². The molecular weight excluding hydrogens is 357 g/mol. The van der Waals surface area contributed by atoms with Gasteiger partial charge in [-0.1, -0.05) is 6.07 Å². The van der Waals surface area contributed by atoms with Gasteiger partial charge in [-0.15, -0.1) is 0 Å². The molecule has 0 saturated carbocycles. The zero-order valence-corrected chi connectivity index (χ0v) is 15.1. The molecule has 2 heterocycles. The lowest BCUT2D eigenvalue weighted by molar-refractivity contribution is -0.145. The number of likely N-dealkylation sites (N-methyl/N-ethyl adjacent to an activating group) is 1. The predicted molar refractivity (Wildman–Crippen MR) is 91.6 cm³/mol. The Morgan fingerprint density at radius 2 is 2.22 bits per heavy atom. The molecule has 27 heavy (non-hydrogen) atoms. The molecule has 0 aliphatic carbocycles. The van der Waals surface area contributed by atoms with E-state index in [1.165, 1.54) is 34.3 Å². The van der Waals surface area contributed by atoms with Crippen molar-refractivity contribution in [2.24, 2.45) is 0 Å². The number of benzene rings is 1. The summed E-state index contributed by atoms with van der Waals surface area (Å²) in [6.45, 7) is 0.737. The maximum absolute atomic E-state index is 13.1. The van der Waals surface area contributed by atoms with E-state index in [-0.39, 0.29) is 43.2 Å². The van der Waals surface area contributed by atoms with Crippen molar-refractivity contribution in [3.63, 3.8) is 0 Å². The van der Waals surface area contributed by atoms with Crippen LogP contribution in [0.4, 0.5) is 4.39 Å². The standard InChI is InChI=1S/C18H20FN3O5/c1-21(2)18(24)15-9-22(6-7-25-15)17(23)14-10-27-16(20-14)11-26-13-5-3-4-12(19)8-13/h3-5,8,10,15H,6-7,9,11H2,1-2H3. The van der Waals surface area contributed by atoms with Crippen molar-refractivity contribution < 1.29 is 27.9 Å². The van der Waals surface area contributed by atoms with Gasteiger partial charge in [-0.2, -0.15) is 0 Å². The molecule has 1 saturated heterocycles. The Labute approximate surface area is 155 Å². The summed E-state index contributed by atoms with van der Waals surface area (Å²) in [6.07, 6.45) is 0.547. The summed E-state index contributed by atoms with van der Waals surface area (Å²) in [5, 5.41) is 0. The zero-order valence-electron chi connectivity index (χ0n) is 15.1. The van der Waals surface area contributed by atoms with Crippen LogP contribution in [-0.4, -0.2) is 66.5 Å². The third-order valence-electron chi connectivity index (χ3n) is 4.00. The highest BCUT2D eigenvalue weighted by Gasteiger charge is 2.31. The number of hydrogen-bond donors (Lipinski definition) is 0. The van der Waals surface area contributed by atoms with Crippen molar-refractivity contribution in [3.05, 3.63) is 47.9 Å². The third-order valence-corrected chi connectivity index (χ3v) is 4.00. The summed E-state index contributed by atoms with van der Waals surface area (Å²) in [5.41, 5.74) is 0.116. The van der Waals surface area contributed by atoms with Gasteiger partial charge in [-0.05, 0) is 12.1 Å². The van der Waals surface area contributed by atoms with E-state index < -0.39 is 11.9 Å². The van der Waals surface area contributed by atoms with Gasteiger partial charge in [0.15, 0.2) is 18.4 Å². The summed E-state index contributed by atoms with van der Waals surface area (Å²) in [4.78, 5) is 31.7. The van der Waals surface area contributed by atoms with Crippen LogP contribution in [0.3, 0.4) is 0 Å². The lowest BCUT2D eigenvalue weighted by Gasteiger charge is -2.32. The largest absolute Gasteiger partial charge is 0.484 e. The number of oxazole rings is 1. The van der Waals surface area contributed by atoms with Crippen molar-refractivity contribution in [3.8, 4) is 5.75 Å². The first-order valence-corrected chi connectivity index (χ1v) is 8.39. The molecule has 1 aromatic carbocycles. The molecule has 1 unspecified atom stereocenters. The number of rotatable bonds is 5. The second-order valence-electron chi connectivity index (χ2n) is 6.22. The molecule has 1 aliphatic heterocycles. The average Bonchev–Trinajstić information content (AvgIpc) is 3.14. The van der Waals surface area contributed by atoms with Crippen LogP contribution in [-0.2, 0) is 16.1 Å². The Morgan fingerprint density at radius 1 is 1.41 bits per heavy atom. The van der Waals surface area contributed by atoms with Crippen molar-refractivity contribution in [1.29, 1.82) is 0 Å². The molecule has 3 rings (SSSR count). The molecule has 1 aliphatic rings. The molecule has 1 aromatic heterocycles. The first-order chi connectivity index (χ1) is 12.9. The Kier molecular flexibility index (Phi) is 5.70. The monoisotopic (exact) mass is 377 g/mol. The van der Waals surface area contributed by atoms with E-state index in [0.717, 1.165) is 0 Å². The summed E-state index contributed by atoms with van der Waals surface area (Å²) in [5.74, 6) is -0.437. The molecule has 1 atom stereocenters. The predicted octanol–water partition coefficient (Wildman–Crippen LogP) is 1.32. The van der Waals surface area contributed by atoms with Crippen LogP contribution in [0.5, 0.6) is 5.75 Å². The third kappa shape index (κ3) is 4.62. The van der Waals surface area contributed by atoms with Crippen LogP contribution < -0.4 is 4.74 Å². The van der Waals surface area contributed by atoms with Crippen LogP contribution in [0.1, 0.15) is 16.4 Å². The second kappa shape index (κ2) is 8.17. The summed E-state index contributed by atoms with van der Waals surface area (Å²) < 4.78 is 29.2. The number of nitrogens with zero attached hydrogens (tertiary/aromatic N) is 3. The molecule has 0 radical (unpaired) electrons. The van der Waals surface area contributed by atoms with Crippen LogP contribution in [0.2, 0.25) is 0 Å². The lowest BCUT2D eigenvalue weighted by Crippen LogP contribution is -2.51. The molecule has 144 valence electrons. The minimum atomic E-state index is -0.694. The van der Waals surface area contributed by atoms with Crippen molar-refractivity contribution >= 4 is 11.8 Å². The lowest BCUT2D eigenvalue weighted by atomic mass is 10.2. The minimum absolute atomic E-state index is 0.0401. The van der Waals surface area contributed by atoms with Crippen molar-refractivity contribution in [2.45, 2.75) is 12.7 Å². The highest BCUT2D eigenvalue weighted by Crippen LogP contribution is 2.16. The first-order valence-electron chi connectivity index (χ1n) is 8.39. The van der Waals surface area contributed by atoms with Gasteiger partial charge in [0.1, 0.15) is 17.8 Å². The topological polar surface area (TPSA) is 85.1 Å². The van der Waals surface area contributed by atoms with Crippen LogP contribution >= 0.6 is 0 Å². The summed E-state index contributed by atoms with van der Waals surface area (Å²) >= 11 is 0. The van der Waals surface area contributed by atoms with Gasteiger partial charge >= 0.3 is 0 Å². The number of hydrogen-bond acceptors (Lipinski definition) is 6. The fourth-order valence-corrected chi connectivity index (χ4v) is 2.61. The maximum atomic E-state index is 13.1. The molecule has 8 nitrogen and oxygen atoms in total. The van der Waals surface area contributed by atoms with E-state index in [4.69, 9.17) is 13.9 Å². The summed E-state index contributed by atoms with van der Waals surface area (Å²) in [6, 6.07) is 5.68. The maximum Gasteiger partial charge on any atom is 0.275 e. The van der Waals surface area contributed by atoms with Gasteiger partial charge in [0.2, 0.25) is 5.89 Å². The fourth-order valence-electron chi connectivity index (χ4n) is 2.61. The summed E-state index contributed by atoms with van der Waals surface area (Å²) in [7, 11) is 3.27. The highest BCUT2D eigenvalue weighted by molar-refractivity contribution is 5.92. The Hall–Kier alpha value is -2.94. The molecule has 2 aromatic rings. The van der Waals surface area contributed by atoms with Gasteiger partial charge in [0.25, 0.3) is 11.8 Å². The normalized spacial score (nSPS) is 16.9. The van der Waals surface area contributed by atoms with E-state index in [1.54, 1.807) is 20.2 Å². The number of morpholine rings is 1.